The van der Waals surface area contributed by atoms with E-state index in [0.717, 1.165) is 28.6 Å². The van der Waals surface area contributed by atoms with E-state index in [1.807, 2.05) is 18.2 Å². The molecule has 0 saturated heterocycles. The second-order valence-corrected chi connectivity index (χ2v) is 6.38. The summed E-state index contributed by atoms with van der Waals surface area (Å²) in [5.41, 5.74) is 8.63. The minimum Gasteiger partial charge on any atom is -0.389 e. The van der Waals surface area contributed by atoms with Crippen LogP contribution in [0.25, 0.3) is 10.9 Å². The summed E-state index contributed by atoms with van der Waals surface area (Å²) in [5, 5.41) is 4.65. The molecule has 1 unspecified atom stereocenters. The number of para-hydroxylation sites is 1. The molecule has 0 radical (unpaired) electrons. The van der Waals surface area contributed by atoms with Gasteiger partial charge in [0.25, 0.3) is 0 Å². The van der Waals surface area contributed by atoms with E-state index in [1.54, 1.807) is 6.20 Å². The van der Waals surface area contributed by atoms with E-state index in [9.17, 15) is 0 Å². The number of hydrogen-bond acceptors (Lipinski definition) is 3. The predicted molar refractivity (Wildman–Crippen MR) is 94.8 cm³/mol. The molecule has 3 nitrogen and oxygen atoms in total. The summed E-state index contributed by atoms with van der Waals surface area (Å²) in [4.78, 5) is 4.82. The summed E-state index contributed by atoms with van der Waals surface area (Å²) in [6.45, 7) is 6.69. The smallest absolute Gasteiger partial charge is 0.107 e. The second kappa shape index (κ2) is 6.85. The van der Waals surface area contributed by atoms with E-state index in [4.69, 9.17) is 18.0 Å². The Balaban J connectivity index is 2.35. The molecule has 1 heterocycles. The Labute approximate surface area is 132 Å². The van der Waals surface area contributed by atoms with Crippen molar-refractivity contribution in [2.45, 2.75) is 39.7 Å². The number of fused-ring (bicyclic) bond motifs is 1. The van der Waals surface area contributed by atoms with Crippen LogP contribution >= 0.6 is 12.2 Å². The molecule has 1 aromatic carbocycles. The molecule has 0 aliphatic rings. The Morgan fingerprint density at radius 1 is 1.24 bits per heavy atom. The van der Waals surface area contributed by atoms with Crippen molar-refractivity contribution in [3.63, 3.8) is 0 Å². The molecule has 4 heteroatoms. The second-order valence-electron chi connectivity index (χ2n) is 5.94. The maximum atomic E-state index is 5.85. The third-order valence-corrected chi connectivity index (χ3v) is 3.83. The van der Waals surface area contributed by atoms with Crippen LogP contribution in [0.15, 0.2) is 30.5 Å². The summed E-state index contributed by atoms with van der Waals surface area (Å²) in [6, 6.07) is 8.43. The molecule has 2 aromatic rings. The Bertz CT molecular complexity index is 637. The zero-order chi connectivity index (χ0) is 15.4. The number of pyridine rings is 1. The number of thiocarbonyl (C=S) groups is 1. The highest BCUT2D eigenvalue weighted by atomic mass is 32.1. The molecule has 1 aromatic heterocycles. The lowest BCUT2D eigenvalue weighted by atomic mass is 10.0. The summed E-state index contributed by atoms with van der Waals surface area (Å²) in [5.74, 6) is 0.707. The zero-order valence-electron chi connectivity index (χ0n) is 12.9. The fraction of sp³-hybridized carbons (Fsp3) is 0.412. The monoisotopic (exact) mass is 301 g/mol. The zero-order valence-corrected chi connectivity index (χ0v) is 13.7. The molecule has 0 spiro atoms. The van der Waals surface area contributed by atoms with Crippen LogP contribution in [0, 0.1) is 5.92 Å². The van der Waals surface area contributed by atoms with Gasteiger partial charge >= 0.3 is 0 Å². The van der Waals surface area contributed by atoms with E-state index in [0.29, 0.717) is 16.9 Å². The van der Waals surface area contributed by atoms with Crippen LogP contribution in [0.3, 0.4) is 0 Å². The van der Waals surface area contributed by atoms with E-state index in [2.05, 4.69) is 37.1 Å². The van der Waals surface area contributed by atoms with E-state index >= 15 is 0 Å². The molecule has 0 amide bonds. The van der Waals surface area contributed by atoms with Crippen LogP contribution in [0.1, 0.15) is 39.2 Å². The molecule has 0 aliphatic heterocycles. The van der Waals surface area contributed by atoms with E-state index < -0.39 is 0 Å². The third-order valence-electron chi connectivity index (χ3n) is 3.61. The van der Waals surface area contributed by atoms with Gasteiger partial charge in [-0.15, -0.1) is 0 Å². The lowest BCUT2D eigenvalue weighted by Crippen LogP contribution is -2.20. The van der Waals surface area contributed by atoms with Crippen LogP contribution in [0.5, 0.6) is 0 Å². The SMILES string of the molecule is CC(C)CCC(C)Nc1c(C(N)=S)cnc2ccccc12. The molecule has 112 valence electrons. The van der Waals surface area contributed by atoms with Crippen molar-refractivity contribution < 1.29 is 0 Å². The molecule has 0 fully saturated rings. The summed E-state index contributed by atoms with van der Waals surface area (Å²) in [7, 11) is 0. The molecule has 0 bridgehead atoms. The Morgan fingerprint density at radius 2 is 1.95 bits per heavy atom. The predicted octanol–water partition coefficient (Wildman–Crippen LogP) is 4.11. The molecule has 1 atom stereocenters. The topological polar surface area (TPSA) is 50.9 Å². The number of nitrogens with one attached hydrogen (secondary N) is 1. The number of rotatable bonds is 6. The third kappa shape index (κ3) is 3.91. The number of nitrogens with zero attached hydrogens (tertiary/aromatic N) is 1. The molecular formula is C17H23N3S. The van der Waals surface area contributed by atoms with Crippen LogP contribution in [0.2, 0.25) is 0 Å². The van der Waals surface area contributed by atoms with Gasteiger partial charge in [0.1, 0.15) is 4.99 Å². The van der Waals surface area contributed by atoms with Gasteiger partial charge in [0, 0.05) is 17.6 Å². The first-order chi connectivity index (χ1) is 9.99. The Kier molecular flexibility index (Phi) is 5.12. The first-order valence-electron chi connectivity index (χ1n) is 7.43. The minimum absolute atomic E-state index is 0.367. The van der Waals surface area contributed by atoms with Crippen LogP contribution in [-0.4, -0.2) is 16.0 Å². The number of aromatic nitrogens is 1. The summed E-state index contributed by atoms with van der Waals surface area (Å²) >= 11 is 5.17. The maximum Gasteiger partial charge on any atom is 0.107 e. The van der Waals surface area contributed by atoms with Crippen LogP contribution < -0.4 is 11.1 Å². The van der Waals surface area contributed by atoms with Crippen LogP contribution in [-0.2, 0) is 0 Å². The molecule has 21 heavy (non-hydrogen) atoms. The first-order valence-corrected chi connectivity index (χ1v) is 7.84. The van der Waals surface area contributed by atoms with Crippen molar-refractivity contribution in [1.82, 2.24) is 4.98 Å². The van der Waals surface area contributed by atoms with E-state index in [-0.39, 0.29) is 0 Å². The number of anilines is 1. The van der Waals surface area contributed by atoms with Crippen molar-refractivity contribution in [3.05, 3.63) is 36.0 Å². The normalized spacial score (nSPS) is 12.6. The molecule has 0 saturated carbocycles. The lowest BCUT2D eigenvalue weighted by molar-refractivity contribution is 0.528. The lowest BCUT2D eigenvalue weighted by Gasteiger charge is -2.20. The average Bonchev–Trinajstić information content (AvgIpc) is 2.45. The van der Waals surface area contributed by atoms with Gasteiger partial charge < -0.3 is 11.1 Å². The van der Waals surface area contributed by atoms with Crippen molar-refractivity contribution >= 4 is 33.8 Å². The van der Waals surface area contributed by atoms with E-state index in [1.165, 1.54) is 6.42 Å². The van der Waals surface area contributed by atoms with Crippen molar-refractivity contribution in [2.75, 3.05) is 5.32 Å². The van der Waals surface area contributed by atoms with Crippen molar-refractivity contribution in [2.24, 2.45) is 11.7 Å². The quantitative estimate of drug-likeness (QED) is 0.789. The van der Waals surface area contributed by atoms with Gasteiger partial charge in [-0.05, 0) is 31.7 Å². The highest BCUT2D eigenvalue weighted by molar-refractivity contribution is 7.80. The standard InChI is InChI=1S/C17H23N3S/c1-11(2)8-9-12(3)20-16-13-6-4-5-7-15(13)19-10-14(16)17(18)21/h4-7,10-12H,8-9H2,1-3H3,(H2,18,21)(H,19,20). The Morgan fingerprint density at radius 3 is 2.62 bits per heavy atom. The van der Waals surface area contributed by atoms with Crippen molar-refractivity contribution in [3.8, 4) is 0 Å². The fourth-order valence-corrected chi connectivity index (χ4v) is 2.54. The molecule has 0 aliphatic carbocycles. The highest BCUT2D eigenvalue weighted by Crippen LogP contribution is 2.27. The van der Waals surface area contributed by atoms with Gasteiger partial charge in [0.15, 0.2) is 0 Å². The largest absolute Gasteiger partial charge is 0.389 e. The average molecular weight is 301 g/mol. The van der Waals surface area contributed by atoms with Gasteiger partial charge in [-0.2, -0.15) is 0 Å². The fourth-order valence-electron chi connectivity index (χ4n) is 2.39. The number of hydrogen-bond donors (Lipinski definition) is 2. The molecule has 2 rings (SSSR count). The number of benzene rings is 1. The van der Waals surface area contributed by atoms with Gasteiger partial charge in [-0.3, -0.25) is 4.98 Å². The van der Waals surface area contributed by atoms with Crippen molar-refractivity contribution in [1.29, 1.82) is 0 Å². The van der Waals surface area contributed by atoms with Gasteiger partial charge in [0.05, 0.1) is 16.8 Å². The maximum absolute atomic E-state index is 5.85. The van der Waals surface area contributed by atoms with Gasteiger partial charge in [0.2, 0.25) is 0 Å². The van der Waals surface area contributed by atoms with Gasteiger partial charge in [-0.25, -0.2) is 0 Å². The molecular weight excluding hydrogens is 278 g/mol. The summed E-state index contributed by atoms with van der Waals surface area (Å²) in [6.07, 6.45) is 4.08. The Hall–Kier alpha value is -1.68. The van der Waals surface area contributed by atoms with Gasteiger partial charge in [-0.1, -0.05) is 44.3 Å². The summed E-state index contributed by atoms with van der Waals surface area (Å²) < 4.78 is 0. The first kappa shape index (κ1) is 15.7. The number of nitrogens with two attached hydrogens (primary N) is 1. The minimum atomic E-state index is 0.367. The molecule has 3 N–H and O–H groups in total. The van der Waals surface area contributed by atoms with Crippen LogP contribution in [0.4, 0.5) is 5.69 Å². The highest BCUT2D eigenvalue weighted by Gasteiger charge is 2.13.